The summed E-state index contributed by atoms with van der Waals surface area (Å²) in [6, 6.07) is 3.73. The van der Waals surface area contributed by atoms with Gasteiger partial charge in [-0.05, 0) is 25.0 Å². The predicted octanol–water partition coefficient (Wildman–Crippen LogP) is 3.76. The summed E-state index contributed by atoms with van der Waals surface area (Å²) >= 11 is 1.84. The van der Waals surface area contributed by atoms with Gasteiger partial charge in [-0.3, -0.25) is 0 Å². The molecule has 0 saturated heterocycles. The molecule has 0 aliphatic heterocycles. The first-order chi connectivity index (χ1) is 9.72. The predicted molar refractivity (Wildman–Crippen MR) is 74.9 cm³/mol. The molecule has 1 fully saturated rings. The van der Waals surface area contributed by atoms with Gasteiger partial charge in [0.2, 0.25) is 0 Å². The molecule has 106 valence electrons. The molecule has 1 aliphatic rings. The number of rotatable bonds is 4. The molecule has 0 unspecified atom stereocenters. The topological polar surface area (TPSA) is 59.2 Å². The van der Waals surface area contributed by atoms with Gasteiger partial charge in [-0.15, -0.1) is 0 Å². The molecule has 0 radical (unpaired) electrons. The van der Waals surface area contributed by atoms with Crippen LogP contribution in [0.1, 0.15) is 31.5 Å². The van der Waals surface area contributed by atoms with E-state index >= 15 is 0 Å². The zero-order valence-electron chi connectivity index (χ0n) is 10.9. The van der Waals surface area contributed by atoms with E-state index < -0.39 is 5.82 Å². The zero-order chi connectivity index (χ0) is 13.9. The molecule has 0 amide bonds. The van der Waals surface area contributed by atoms with Crippen molar-refractivity contribution in [3.63, 3.8) is 0 Å². The lowest BCUT2D eigenvalue weighted by molar-refractivity contribution is 0.419. The molecule has 1 aromatic carbocycles. The Balaban J connectivity index is 1.69. The van der Waals surface area contributed by atoms with E-state index in [-0.39, 0.29) is 11.6 Å². The second kappa shape index (κ2) is 5.83. The van der Waals surface area contributed by atoms with Crippen molar-refractivity contribution in [2.45, 2.75) is 36.7 Å². The van der Waals surface area contributed by atoms with Crippen LogP contribution < -0.4 is 0 Å². The van der Waals surface area contributed by atoms with Crippen LogP contribution in [0, 0.1) is 5.82 Å². The van der Waals surface area contributed by atoms with Crippen LogP contribution in [0.25, 0.3) is 11.5 Å². The van der Waals surface area contributed by atoms with E-state index in [1.165, 1.54) is 37.8 Å². The summed E-state index contributed by atoms with van der Waals surface area (Å²) in [6.45, 7) is 0. The first kappa shape index (κ1) is 13.4. The molecule has 1 N–H and O–H groups in total. The quantitative estimate of drug-likeness (QED) is 0.930. The van der Waals surface area contributed by atoms with Crippen LogP contribution in [0.2, 0.25) is 0 Å². The van der Waals surface area contributed by atoms with Gasteiger partial charge >= 0.3 is 0 Å². The SMILES string of the molecule is Oc1cc(F)ccc1-c1nc(CSC2CCCC2)no1. The van der Waals surface area contributed by atoms with Crippen molar-refractivity contribution in [3.8, 4) is 17.2 Å². The fourth-order valence-electron chi connectivity index (χ4n) is 2.36. The number of phenols is 1. The van der Waals surface area contributed by atoms with E-state index in [9.17, 15) is 9.50 Å². The van der Waals surface area contributed by atoms with Crippen molar-refractivity contribution in [2.24, 2.45) is 0 Å². The maximum Gasteiger partial charge on any atom is 0.261 e. The molecule has 0 spiro atoms. The number of hydrogen-bond donors (Lipinski definition) is 1. The van der Waals surface area contributed by atoms with Crippen LogP contribution in [0.4, 0.5) is 4.39 Å². The third-order valence-corrected chi connectivity index (χ3v) is 4.78. The fourth-order valence-corrected chi connectivity index (χ4v) is 3.52. The first-order valence-corrected chi connectivity index (χ1v) is 7.70. The van der Waals surface area contributed by atoms with Gasteiger partial charge in [0.05, 0.1) is 11.3 Å². The number of benzene rings is 1. The van der Waals surface area contributed by atoms with Crippen LogP contribution in [0.3, 0.4) is 0 Å². The Bertz CT molecular complexity index is 597. The number of halogens is 1. The second-order valence-electron chi connectivity index (χ2n) is 4.89. The number of phenolic OH excluding ortho intramolecular Hbond substituents is 1. The number of aromatic hydroxyl groups is 1. The van der Waals surface area contributed by atoms with E-state index in [1.807, 2.05) is 11.8 Å². The average molecular weight is 294 g/mol. The minimum Gasteiger partial charge on any atom is -0.507 e. The largest absolute Gasteiger partial charge is 0.507 e. The van der Waals surface area contributed by atoms with Crippen molar-refractivity contribution in [1.82, 2.24) is 10.1 Å². The van der Waals surface area contributed by atoms with Gasteiger partial charge in [0.1, 0.15) is 11.6 Å². The summed E-state index contributed by atoms with van der Waals surface area (Å²) in [5, 5.41) is 14.3. The molecule has 6 heteroatoms. The average Bonchev–Trinajstić information content (AvgIpc) is 3.07. The normalized spacial score (nSPS) is 15.8. The van der Waals surface area contributed by atoms with Gasteiger partial charge in [0.25, 0.3) is 5.89 Å². The van der Waals surface area contributed by atoms with Crippen LogP contribution in [-0.4, -0.2) is 20.5 Å². The van der Waals surface area contributed by atoms with Crippen molar-refractivity contribution >= 4 is 11.8 Å². The smallest absolute Gasteiger partial charge is 0.261 e. The monoisotopic (exact) mass is 294 g/mol. The maximum atomic E-state index is 12.9. The highest BCUT2D eigenvalue weighted by molar-refractivity contribution is 7.99. The summed E-state index contributed by atoms with van der Waals surface area (Å²) in [5.41, 5.74) is 0.357. The number of nitrogens with zero attached hydrogens (tertiary/aromatic N) is 2. The number of hydrogen-bond acceptors (Lipinski definition) is 5. The summed E-state index contributed by atoms with van der Waals surface area (Å²) in [4.78, 5) is 4.25. The highest BCUT2D eigenvalue weighted by Gasteiger charge is 2.18. The van der Waals surface area contributed by atoms with Crippen LogP contribution in [0.15, 0.2) is 22.7 Å². The Hall–Kier alpha value is -1.56. The van der Waals surface area contributed by atoms with Gasteiger partial charge in [-0.1, -0.05) is 18.0 Å². The number of aromatic nitrogens is 2. The molecule has 1 aromatic heterocycles. The standard InChI is InChI=1S/C14H15FN2O2S/c15-9-5-6-11(12(18)7-9)14-16-13(17-19-14)8-20-10-3-1-2-4-10/h5-7,10,18H,1-4,8H2. The molecule has 3 rings (SSSR count). The maximum absolute atomic E-state index is 12.9. The molecule has 0 bridgehead atoms. The Kier molecular flexibility index (Phi) is 3.91. The third kappa shape index (κ3) is 2.95. The van der Waals surface area contributed by atoms with Crippen molar-refractivity contribution in [3.05, 3.63) is 29.8 Å². The second-order valence-corrected chi connectivity index (χ2v) is 6.18. The van der Waals surface area contributed by atoms with E-state index in [2.05, 4.69) is 10.1 Å². The molecular weight excluding hydrogens is 279 g/mol. The highest BCUT2D eigenvalue weighted by Crippen LogP contribution is 2.32. The summed E-state index contributed by atoms with van der Waals surface area (Å²) in [5.74, 6) is 0.854. The fraction of sp³-hybridized carbons (Fsp3) is 0.429. The molecule has 0 atom stereocenters. The van der Waals surface area contributed by atoms with Crippen molar-refractivity contribution < 1.29 is 14.0 Å². The van der Waals surface area contributed by atoms with Crippen LogP contribution in [-0.2, 0) is 5.75 Å². The summed E-state index contributed by atoms with van der Waals surface area (Å²) in [6.07, 6.45) is 5.12. The van der Waals surface area contributed by atoms with Gasteiger partial charge < -0.3 is 9.63 Å². The van der Waals surface area contributed by atoms with Crippen molar-refractivity contribution in [1.29, 1.82) is 0 Å². The molecule has 1 heterocycles. The summed E-state index contributed by atoms with van der Waals surface area (Å²) in [7, 11) is 0. The van der Waals surface area contributed by atoms with Gasteiger partial charge in [0.15, 0.2) is 5.82 Å². The molecule has 4 nitrogen and oxygen atoms in total. The van der Waals surface area contributed by atoms with Crippen molar-refractivity contribution in [2.75, 3.05) is 0 Å². The lowest BCUT2D eigenvalue weighted by atomic mass is 10.2. The lowest BCUT2D eigenvalue weighted by Crippen LogP contribution is -1.95. The molecule has 20 heavy (non-hydrogen) atoms. The minimum atomic E-state index is -0.497. The highest BCUT2D eigenvalue weighted by atomic mass is 32.2. The Labute approximate surface area is 120 Å². The Morgan fingerprint density at radius 1 is 1.35 bits per heavy atom. The van der Waals surface area contributed by atoms with E-state index in [4.69, 9.17) is 4.52 Å². The zero-order valence-corrected chi connectivity index (χ0v) is 11.7. The minimum absolute atomic E-state index is 0.191. The molecule has 1 saturated carbocycles. The number of thioether (sulfide) groups is 1. The van der Waals surface area contributed by atoms with E-state index in [0.29, 0.717) is 22.4 Å². The summed E-state index contributed by atoms with van der Waals surface area (Å²) < 4.78 is 18.1. The van der Waals surface area contributed by atoms with E-state index in [1.54, 1.807) is 0 Å². The van der Waals surface area contributed by atoms with E-state index in [0.717, 1.165) is 6.07 Å². The first-order valence-electron chi connectivity index (χ1n) is 6.65. The van der Waals surface area contributed by atoms with Gasteiger partial charge in [-0.2, -0.15) is 16.7 Å². The molecular formula is C14H15FN2O2S. The van der Waals surface area contributed by atoms with Crippen LogP contribution >= 0.6 is 11.8 Å². The Morgan fingerprint density at radius 3 is 2.90 bits per heavy atom. The lowest BCUT2D eigenvalue weighted by Gasteiger charge is -2.04. The van der Waals surface area contributed by atoms with Gasteiger partial charge in [0, 0.05) is 11.3 Å². The third-order valence-electron chi connectivity index (χ3n) is 3.41. The Morgan fingerprint density at radius 2 is 2.15 bits per heavy atom. The molecule has 1 aliphatic carbocycles. The van der Waals surface area contributed by atoms with Crippen LogP contribution in [0.5, 0.6) is 5.75 Å². The van der Waals surface area contributed by atoms with Gasteiger partial charge in [-0.25, -0.2) is 4.39 Å². The molecule has 2 aromatic rings.